The van der Waals surface area contributed by atoms with Gasteiger partial charge in [-0.15, -0.1) is 0 Å². The quantitative estimate of drug-likeness (QED) is 0.778. The van der Waals surface area contributed by atoms with Crippen LogP contribution < -0.4 is 0 Å². The summed E-state index contributed by atoms with van der Waals surface area (Å²) in [5, 5.41) is 0. The smallest absolute Gasteiger partial charge is 0.256 e. The van der Waals surface area contributed by atoms with Gasteiger partial charge in [-0.3, -0.25) is 4.98 Å². The maximum absolute atomic E-state index is 12.4. The maximum atomic E-state index is 12.4. The van der Waals surface area contributed by atoms with Crippen LogP contribution in [0.4, 0.5) is 13.2 Å². The van der Waals surface area contributed by atoms with Crippen LogP contribution in [-0.2, 0) is 6.18 Å². The third kappa shape index (κ3) is 2.59. The molecule has 0 unspecified atom stereocenters. The van der Waals surface area contributed by atoms with E-state index in [1.807, 2.05) is 0 Å². The molecule has 0 aliphatic heterocycles. The zero-order valence-electron chi connectivity index (χ0n) is 9.41. The van der Waals surface area contributed by atoms with Gasteiger partial charge in [-0.1, -0.05) is 24.8 Å². The highest BCUT2D eigenvalue weighted by Gasteiger charge is 2.29. The van der Waals surface area contributed by atoms with Crippen LogP contribution >= 0.6 is 0 Å². The minimum Gasteiger partial charge on any atom is -0.256 e. The molecule has 0 saturated heterocycles. The molecule has 0 fully saturated rings. The third-order valence-corrected chi connectivity index (χ3v) is 2.53. The van der Waals surface area contributed by atoms with E-state index in [0.717, 1.165) is 12.1 Å². The molecule has 1 heterocycles. The molecule has 2 rings (SSSR count). The molecule has 0 saturated carbocycles. The number of hydrogen-bond donors (Lipinski definition) is 0. The Morgan fingerprint density at radius 3 is 2.17 bits per heavy atom. The normalized spacial score (nSPS) is 11.3. The molecule has 2 aromatic rings. The molecule has 0 aliphatic rings. The van der Waals surface area contributed by atoms with Gasteiger partial charge in [-0.2, -0.15) is 13.2 Å². The van der Waals surface area contributed by atoms with Gasteiger partial charge < -0.3 is 0 Å². The first kappa shape index (κ1) is 12.4. The van der Waals surface area contributed by atoms with Gasteiger partial charge in [0.1, 0.15) is 0 Å². The Hall–Kier alpha value is -2.10. The number of pyridine rings is 1. The van der Waals surface area contributed by atoms with Crippen molar-refractivity contribution >= 4 is 5.57 Å². The predicted molar refractivity (Wildman–Crippen MR) is 63.8 cm³/mol. The zero-order chi connectivity index (χ0) is 13.2. The SMILES string of the molecule is C=C(c1ccc(C(F)(F)F)cc1)c1ccccn1. The Bertz CT molecular complexity index is 542. The summed E-state index contributed by atoms with van der Waals surface area (Å²) in [5.41, 5.74) is 1.21. The molecular weight excluding hydrogens is 239 g/mol. The molecule has 18 heavy (non-hydrogen) atoms. The van der Waals surface area contributed by atoms with Crippen LogP contribution in [0.15, 0.2) is 55.2 Å². The topological polar surface area (TPSA) is 12.9 Å². The number of aromatic nitrogens is 1. The molecule has 0 bridgehead atoms. The lowest BCUT2D eigenvalue weighted by atomic mass is 10.0. The average Bonchev–Trinajstić information content (AvgIpc) is 2.38. The van der Waals surface area contributed by atoms with Gasteiger partial charge in [0, 0.05) is 11.8 Å². The second-order valence-electron chi connectivity index (χ2n) is 3.77. The van der Waals surface area contributed by atoms with Crippen molar-refractivity contribution in [2.75, 3.05) is 0 Å². The van der Waals surface area contributed by atoms with Gasteiger partial charge in [0.25, 0.3) is 0 Å². The van der Waals surface area contributed by atoms with E-state index < -0.39 is 11.7 Å². The van der Waals surface area contributed by atoms with Crippen molar-refractivity contribution in [3.63, 3.8) is 0 Å². The van der Waals surface area contributed by atoms with Gasteiger partial charge >= 0.3 is 6.18 Å². The van der Waals surface area contributed by atoms with Gasteiger partial charge in [0.15, 0.2) is 0 Å². The fraction of sp³-hybridized carbons (Fsp3) is 0.0714. The van der Waals surface area contributed by atoms with E-state index in [2.05, 4.69) is 11.6 Å². The molecule has 0 N–H and O–H groups in total. The standard InChI is InChI=1S/C14H10F3N/c1-10(13-4-2-3-9-18-13)11-5-7-12(8-6-11)14(15,16)17/h2-9H,1H2. The molecule has 1 aromatic heterocycles. The largest absolute Gasteiger partial charge is 0.416 e. The Morgan fingerprint density at radius 2 is 1.67 bits per heavy atom. The molecule has 0 radical (unpaired) electrons. The van der Waals surface area contributed by atoms with Crippen LogP contribution in [0.3, 0.4) is 0 Å². The number of benzene rings is 1. The van der Waals surface area contributed by atoms with Crippen molar-refractivity contribution in [3.8, 4) is 0 Å². The van der Waals surface area contributed by atoms with Gasteiger partial charge in [0.2, 0.25) is 0 Å². The Balaban J connectivity index is 2.28. The summed E-state index contributed by atoms with van der Waals surface area (Å²) in [5.74, 6) is 0. The number of hydrogen-bond acceptors (Lipinski definition) is 1. The first-order valence-electron chi connectivity index (χ1n) is 5.26. The van der Waals surface area contributed by atoms with Crippen molar-refractivity contribution in [1.29, 1.82) is 0 Å². The van der Waals surface area contributed by atoms with Crippen molar-refractivity contribution < 1.29 is 13.2 Å². The Morgan fingerprint density at radius 1 is 1.00 bits per heavy atom. The first-order valence-corrected chi connectivity index (χ1v) is 5.26. The number of nitrogens with zero attached hydrogens (tertiary/aromatic N) is 1. The lowest BCUT2D eigenvalue weighted by Crippen LogP contribution is -2.04. The summed E-state index contributed by atoms with van der Waals surface area (Å²) < 4.78 is 37.2. The predicted octanol–water partition coefficient (Wildman–Crippen LogP) is 4.16. The van der Waals surface area contributed by atoms with E-state index in [1.54, 1.807) is 24.4 Å². The summed E-state index contributed by atoms with van der Waals surface area (Å²) in [4.78, 5) is 4.10. The number of alkyl halides is 3. The van der Waals surface area contributed by atoms with E-state index in [-0.39, 0.29) is 0 Å². The average molecular weight is 249 g/mol. The van der Waals surface area contributed by atoms with Crippen molar-refractivity contribution in [1.82, 2.24) is 4.98 Å². The van der Waals surface area contributed by atoms with Crippen LogP contribution in [0, 0.1) is 0 Å². The lowest BCUT2D eigenvalue weighted by Gasteiger charge is -2.09. The second-order valence-corrected chi connectivity index (χ2v) is 3.77. The van der Waals surface area contributed by atoms with Crippen LogP contribution in [-0.4, -0.2) is 4.98 Å². The monoisotopic (exact) mass is 249 g/mol. The highest BCUT2D eigenvalue weighted by molar-refractivity contribution is 5.75. The van der Waals surface area contributed by atoms with E-state index in [4.69, 9.17) is 0 Å². The van der Waals surface area contributed by atoms with Crippen LogP contribution in [0.5, 0.6) is 0 Å². The van der Waals surface area contributed by atoms with Crippen molar-refractivity contribution in [2.45, 2.75) is 6.18 Å². The highest BCUT2D eigenvalue weighted by atomic mass is 19.4. The van der Waals surface area contributed by atoms with Crippen LogP contribution in [0.1, 0.15) is 16.8 Å². The minimum atomic E-state index is -4.31. The Labute approximate surface area is 103 Å². The third-order valence-electron chi connectivity index (χ3n) is 2.53. The summed E-state index contributed by atoms with van der Waals surface area (Å²) in [6.07, 6.45) is -2.70. The molecule has 4 heteroatoms. The molecule has 0 aliphatic carbocycles. The fourth-order valence-corrected chi connectivity index (χ4v) is 1.55. The second kappa shape index (κ2) is 4.64. The summed E-state index contributed by atoms with van der Waals surface area (Å²) >= 11 is 0. The molecule has 1 nitrogen and oxygen atoms in total. The summed E-state index contributed by atoms with van der Waals surface area (Å²) in [6.45, 7) is 3.84. The molecule has 92 valence electrons. The number of rotatable bonds is 2. The van der Waals surface area contributed by atoms with E-state index >= 15 is 0 Å². The van der Waals surface area contributed by atoms with Crippen LogP contribution in [0.2, 0.25) is 0 Å². The van der Waals surface area contributed by atoms with E-state index in [9.17, 15) is 13.2 Å². The molecule has 0 atom stereocenters. The van der Waals surface area contributed by atoms with Gasteiger partial charge in [-0.05, 0) is 29.8 Å². The molecule has 1 aromatic carbocycles. The van der Waals surface area contributed by atoms with Gasteiger partial charge in [-0.25, -0.2) is 0 Å². The summed E-state index contributed by atoms with van der Waals surface area (Å²) in [6, 6.07) is 10.2. The highest BCUT2D eigenvalue weighted by Crippen LogP contribution is 2.30. The maximum Gasteiger partial charge on any atom is 0.416 e. The molecular formula is C14H10F3N. The lowest BCUT2D eigenvalue weighted by molar-refractivity contribution is -0.137. The molecule has 0 amide bonds. The zero-order valence-corrected chi connectivity index (χ0v) is 9.41. The first-order chi connectivity index (χ1) is 8.48. The number of halogens is 3. The fourth-order valence-electron chi connectivity index (χ4n) is 1.55. The summed E-state index contributed by atoms with van der Waals surface area (Å²) in [7, 11) is 0. The van der Waals surface area contributed by atoms with Crippen molar-refractivity contribution in [3.05, 3.63) is 72.1 Å². The van der Waals surface area contributed by atoms with E-state index in [1.165, 1.54) is 12.1 Å². The molecule has 0 spiro atoms. The van der Waals surface area contributed by atoms with Crippen molar-refractivity contribution in [2.24, 2.45) is 0 Å². The minimum absolute atomic E-state index is 0.601. The van der Waals surface area contributed by atoms with Crippen LogP contribution in [0.25, 0.3) is 5.57 Å². The van der Waals surface area contributed by atoms with E-state index in [0.29, 0.717) is 16.8 Å². The Kier molecular flexibility index (Phi) is 3.19. The van der Waals surface area contributed by atoms with Gasteiger partial charge in [0.05, 0.1) is 11.3 Å².